The molecular formula is C11H13NO4S2. The van der Waals surface area contributed by atoms with Gasteiger partial charge in [0.1, 0.15) is 5.25 Å². The zero-order chi connectivity index (χ0) is 13.0. The highest BCUT2D eigenvalue weighted by Gasteiger charge is 2.28. The summed E-state index contributed by atoms with van der Waals surface area (Å²) in [6.45, 7) is 2.63. The van der Waals surface area contributed by atoms with Crippen LogP contribution in [0.1, 0.15) is 19.0 Å². The van der Waals surface area contributed by atoms with E-state index in [4.69, 9.17) is 9.47 Å². The van der Waals surface area contributed by atoms with Gasteiger partial charge in [-0.3, -0.25) is 9.59 Å². The summed E-state index contributed by atoms with van der Waals surface area (Å²) in [6, 6.07) is 0. The standard InChI is InChI=1S/C11H13NO4S2/c1-2-15-9(13)5-7-6-17-11(12-7)18-8-3-4-16-10(8)14/h6,8H,2-5H2,1H3. The number of rotatable bonds is 5. The van der Waals surface area contributed by atoms with E-state index < -0.39 is 0 Å². The van der Waals surface area contributed by atoms with Crippen LogP contribution in [0.2, 0.25) is 0 Å². The summed E-state index contributed by atoms with van der Waals surface area (Å²) in [6.07, 6.45) is 0.899. The topological polar surface area (TPSA) is 65.5 Å². The van der Waals surface area contributed by atoms with Crippen molar-refractivity contribution in [1.29, 1.82) is 0 Å². The first-order valence-corrected chi connectivity index (χ1v) is 7.38. The summed E-state index contributed by atoms with van der Waals surface area (Å²) >= 11 is 2.84. The molecule has 2 rings (SSSR count). The summed E-state index contributed by atoms with van der Waals surface area (Å²) in [4.78, 5) is 26.9. The van der Waals surface area contributed by atoms with Crippen LogP contribution in [0.3, 0.4) is 0 Å². The van der Waals surface area contributed by atoms with Crippen LogP contribution in [0.25, 0.3) is 0 Å². The second-order valence-electron chi connectivity index (χ2n) is 3.65. The van der Waals surface area contributed by atoms with Crippen LogP contribution in [0.5, 0.6) is 0 Å². The Hall–Kier alpha value is -1.08. The predicted octanol–water partition coefficient (Wildman–Crippen LogP) is 1.66. The fourth-order valence-electron chi connectivity index (χ4n) is 1.49. The zero-order valence-corrected chi connectivity index (χ0v) is 11.5. The van der Waals surface area contributed by atoms with E-state index in [1.54, 1.807) is 6.92 Å². The molecule has 7 heteroatoms. The molecule has 0 amide bonds. The number of nitrogens with zero attached hydrogens (tertiary/aromatic N) is 1. The molecule has 1 saturated heterocycles. The van der Waals surface area contributed by atoms with Gasteiger partial charge in [-0.15, -0.1) is 11.3 Å². The fourth-order valence-corrected chi connectivity index (χ4v) is 3.54. The number of hydrogen-bond acceptors (Lipinski definition) is 7. The van der Waals surface area contributed by atoms with E-state index in [1.165, 1.54) is 23.1 Å². The third kappa shape index (κ3) is 3.46. The number of thiazole rings is 1. The van der Waals surface area contributed by atoms with Gasteiger partial charge in [0.25, 0.3) is 0 Å². The minimum absolute atomic E-state index is 0.161. The molecule has 1 aliphatic rings. The van der Waals surface area contributed by atoms with Gasteiger partial charge >= 0.3 is 11.9 Å². The number of esters is 2. The van der Waals surface area contributed by atoms with E-state index in [1.807, 2.05) is 5.38 Å². The van der Waals surface area contributed by atoms with Crippen molar-refractivity contribution in [2.24, 2.45) is 0 Å². The molecule has 1 atom stereocenters. The van der Waals surface area contributed by atoms with Crippen molar-refractivity contribution in [2.45, 2.75) is 29.4 Å². The molecule has 1 aromatic rings. The third-order valence-corrected chi connectivity index (χ3v) is 4.56. The van der Waals surface area contributed by atoms with Crippen molar-refractivity contribution in [1.82, 2.24) is 4.98 Å². The highest BCUT2D eigenvalue weighted by molar-refractivity contribution is 8.02. The van der Waals surface area contributed by atoms with Gasteiger partial charge in [0.05, 0.1) is 25.3 Å². The molecule has 98 valence electrons. The Kier molecular flexibility index (Phi) is 4.60. The van der Waals surface area contributed by atoms with Crippen LogP contribution in [-0.2, 0) is 25.5 Å². The van der Waals surface area contributed by atoms with Crippen LogP contribution in [0, 0.1) is 0 Å². The van der Waals surface area contributed by atoms with E-state index in [0.29, 0.717) is 18.9 Å². The Labute approximate surface area is 113 Å². The summed E-state index contributed by atoms with van der Waals surface area (Å²) in [5.41, 5.74) is 0.687. The molecule has 0 N–H and O–H groups in total. The minimum Gasteiger partial charge on any atom is -0.466 e. The average Bonchev–Trinajstić information content (AvgIpc) is 2.90. The third-order valence-electron chi connectivity index (χ3n) is 2.29. The molecule has 2 heterocycles. The van der Waals surface area contributed by atoms with Crippen molar-refractivity contribution >= 4 is 35.0 Å². The largest absolute Gasteiger partial charge is 0.466 e. The highest BCUT2D eigenvalue weighted by atomic mass is 32.2. The maximum Gasteiger partial charge on any atom is 0.319 e. The molecule has 1 aliphatic heterocycles. The Morgan fingerprint density at radius 2 is 2.56 bits per heavy atom. The smallest absolute Gasteiger partial charge is 0.319 e. The van der Waals surface area contributed by atoms with Crippen molar-refractivity contribution in [3.05, 3.63) is 11.1 Å². The monoisotopic (exact) mass is 287 g/mol. The molecule has 1 fully saturated rings. The molecule has 0 bridgehead atoms. The van der Waals surface area contributed by atoms with Crippen LogP contribution in [-0.4, -0.2) is 35.4 Å². The van der Waals surface area contributed by atoms with Gasteiger partial charge < -0.3 is 9.47 Å². The normalized spacial score (nSPS) is 18.7. The van der Waals surface area contributed by atoms with Crippen LogP contribution in [0.4, 0.5) is 0 Å². The van der Waals surface area contributed by atoms with Crippen LogP contribution < -0.4 is 0 Å². The Morgan fingerprint density at radius 3 is 3.22 bits per heavy atom. The number of cyclic esters (lactones) is 1. The second kappa shape index (κ2) is 6.19. The lowest BCUT2D eigenvalue weighted by Crippen LogP contribution is -2.09. The van der Waals surface area contributed by atoms with E-state index in [0.717, 1.165) is 10.8 Å². The maximum atomic E-state index is 11.3. The highest BCUT2D eigenvalue weighted by Crippen LogP contribution is 2.31. The molecule has 5 nitrogen and oxygen atoms in total. The summed E-state index contributed by atoms with van der Waals surface area (Å²) in [7, 11) is 0. The van der Waals surface area contributed by atoms with E-state index in [-0.39, 0.29) is 23.6 Å². The van der Waals surface area contributed by atoms with Gasteiger partial charge in [0.2, 0.25) is 0 Å². The molecule has 1 unspecified atom stereocenters. The van der Waals surface area contributed by atoms with Crippen molar-refractivity contribution in [2.75, 3.05) is 13.2 Å². The number of carbonyl (C=O) groups excluding carboxylic acids is 2. The quantitative estimate of drug-likeness (QED) is 0.767. The number of thioether (sulfide) groups is 1. The number of carbonyl (C=O) groups is 2. The van der Waals surface area contributed by atoms with Crippen molar-refractivity contribution < 1.29 is 19.1 Å². The van der Waals surface area contributed by atoms with Gasteiger partial charge in [0.15, 0.2) is 4.34 Å². The molecule has 0 spiro atoms. The number of hydrogen-bond donors (Lipinski definition) is 0. The van der Waals surface area contributed by atoms with Crippen LogP contribution >= 0.6 is 23.1 Å². The first kappa shape index (κ1) is 13.4. The Bertz CT molecular complexity index is 446. The van der Waals surface area contributed by atoms with Gasteiger partial charge in [-0.25, -0.2) is 4.98 Å². The Morgan fingerprint density at radius 1 is 1.72 bits per heavy atom. The number of ether oxygens (including phenoxy) is 2. The second-order valence-corrected chi connectivity index (χ2v) is 5.96. The zero-order valence-electron chi connectivity index (χ0n) is 9.88. The lowest BCUT2D eigenvalue weighted by Gasteiger charge is -2.01. The first-order valence-electron chi connectivity index (χ1n) is 5.62. The minimum atomic E-state index is -0.278. The molecule has 0 aliphatic carbocycles. The summed E-state index contributed by atoms with van der Waals surface area (Å²) < 4.78 is 10.5. The first-order chi connectivity index (χ1) is 8.69. The molecule has 0 radical (unpaired) electrons. The fraction of sp³-hybridized carbons (Fsp3) is 0.545. The van der Waals surface area contributed by atoms with E-state index in [9.17, 15) is 9.59 Å². The maximum absolute atomic E-state index is 11.3. The van der Waals surface area contributed by atoms with Gasteiger partial charge in [-0.05, 0) is 6.92 Å². The summed E-state index contributed by atoms with van der Waals surface area (Å²) in [5.74, 6) is -0.457. The molecule has 0 aromatic carbocycles. The molecule has 18 heavy (non-hydrogen) atoms. The Balaban J connectivity index is 1.89. The number of aromatic nitrogens is 1. The van der Waals surface area contributed by atoms with Crippen molar-refractivity contribution in [3.8, 4) is 0 Å². The molecule has 0 saturated carbocycles. The SMILES string of the molecule is CCOC(=O)Cc1csc(SC2CCOC2=O)n1. The van der Waals surface area contributed by atoms with Gasteiger partial charge in [-0.1, -0.05) is 11.8 Å². The lowest BCUT2D eigenvalue weighted by molar-refractivity contribution is -0.142. The summed E-state index contributed by atoms with van der Waals surface area (Å²) in [5, 5.41) is 1.66. The van der Waals surface area contributed by atoms with E-state index >= 15 is 0 Å². The van der Waals surface area contributed by atoms with Crippen molar-refractivity contribution in [3.63, 3.8) is 0 Å². The lowest BCUT2D eigenvalue weighted by atomic mass is 10.3. The van der Waals surface area contributed by atoms with E-state index in [2.05, 4.69) is 4.98 Å². The molecule has 1 aromatic heterocycles. The van der Waals surface area contributed by atoms with Gasteiger partial charge in [0, 0.05) is 11.8 Å². The van der Waals surface area contributed by atoms with Gasteiger partial charge in [-0.2, -0.15) is 0 Å². The average molecular weight is 287 g/mol. The van der Waals surface area contributed by atoms with Crippen LogP contribution in [0.15, 0.2) is 9.72 Å². The predicted molar refractivity (Wildman–Crippen MR) is 67.7 cm³/mol. The molecular weight excluding hydrogens is 274 g/mol.